The van der Waals surface area contributed by atoms with Gasteiger partial charge in [-0.2, -0.15) is 13.2 Å². The number of halogens is 3. The van der Waals surface area contributed by atoms with Crippen LogP contribution in [-0.2, 0) is 9.59 Å². The van der Waals surface area contributed by atoms with Gasteiger partial charge in [0.1, 0.15) is 0 Å². The molecule has 1 amide bonds. The second-order valence-corrected chi connectivity index (χ2v) is 5.26. The highest BCUT2D eigenvalue weighted by Crippen LogP contribution is 2.31. The maximum Gasteiger partial charge on any atom is 0.422 e. The lowest BCUT2D eigenvalue weighted by molar-refractivity contribution is -0.207. The molecule has 0 heterocycles. The quantitative estimate of drug-likeness (QED) is 0.710. The molecule has 0 bridgehead atoms. The van der Waals surface area contributed by atoms with Crippen molar-refractivity contribution < 1.29 is 27.9 Å². The molecule has 4 N–H and O–H groups in total. The molecule has 0 saturated carbocycles. The zero-order valence-corrected chi connectivity index (χ0v) is 10.6. The Labute approximate surface area is 103 Å². The van der Waals surface area contributed by atoms with Crippen LogP contribution in [0.15, 0.2) is 0 Å². The number of carboxylic acid groups (broad SMARTS) is 1. The molecule has 0 aliphatic carbocycles. The van der Waals surface area contributed by atoms with Crippen LogP contribution in [0.2, 0.25) is 0 Å². The lowest BCUT2D eigenvalue weighted by atomic mass is 9.86. The molecular weight excluding hydrogens is 253 g/mol. The molecule has 0 aromatic carbocycles. The van der Waals surface area contributed by atoms with Gasteiger partial charge in [-0.15, -0.1) is 0 Å². The van der Waals surface area contributed by atoms with Crippen LogP contribution in [0, 0.1) is 5.41 Å². The highest BCUT2D eigenvalue weighted by Gasteiger charge is 2.59. The molecule has 8 heteroatoms. The van der Waals surface area contributed by atoms with Gasteiger partial charge in [0.05, 0.1) is 6.04 Å². The smallest absolute Gasteiger partial charge is 0.422 e. The van der Waals surface area contributed by atoms with E-state index in [1.54, 1.807) is 20.8 Å². The van der Waals surface area contributed by atoms with Crippen LogP contribution in [0.3, 0.4) is 0 Å². The summed E-state index contributed by atoms with van der Waals surface area (Å²) in [6.07, 6.45) is -5.12. The third-order valence-electron chi connectivity index (χ3n) is 2.58. The molecule has 0 saturated heterocycles. The van der Waals surface area contributed by atoms with Crippen LogP contribution in [0.1, 0.15) is 27.7 Å². The van der Waals surface area contributed by atoms with Crippen LogP contribution >= 0.6 is 0 Å². The van der Waals surface area contributed by atoms with Crippen molar-refractivity contribution >= 4 is 11.9 Å². The second kappa shape index (κ2) is 4.75. The summed E-state index contributed by atoms with van der Waals surface area (Å²) in [6.45, 7) is 5.05. The van der Waals surface area contributed by atoms with Crippen molar-refractivity contribution in [3.05, 3.63) is 0 Å². The molecule has 0 aromatic rings. The Morgan fingerprint density at radius 1 is 1.17 bits per heavy atom. The first kappa shape index (κ1) is 16.7. The number of rotatable bonds is 3. The number of nitrogens with two attached hydrogens (primary N) is 1. The number of hydrogen-bond donors (Lipinski definition) is 3. The van der Waals surface area contributed by atoms with E-state index in [4.69, 9.17) is 10.8 Å². The number of alkyl halides is 3. The largest absolute Gasteiger partial charge is 0.479 e. The third-order valence-corrected chi connectivity index (χ3v) is 2.58. The van der Waals surface area contributed by atoms with Crippen LogP contribution < -0.4 is 11.1 Å². The molecule has 2 atom stereocenters. The SMILES string of the molecule is CC(C)(C)[C@H](N)C(=O)NC(C)(C(=O)O)C(F)(F)F. The van der Waals surface area contributed by atoms with E-state index in [-0.39, 0.29) is 0 Å². The van der Waals surface area contributed by atoms with E-state index >= 15 is 0 Å². The first-order valence-corrected chi connectivity index (χ1v) is 5.11. The van der Waals surface area contributed by atoms with Crippen molar-refractivity contribution in [2.45, 2.75) is 45.5 Å². The molecule has 5 nitrogen and oxygen atoms in total. The van der Waals surface area contributed by atoms with E-state index < -0.39 is 35.0 Å². The predicted molar refractivity (Wildman–Crippen MR) is 57.7 cm³/mol. The minimum absolute atomic E-state index is 0.378. The van der Waals surface area contributed by atoms with Crippen molar-refractivity contribution in [2.75, 3.05) is 0 Å². The summed E-state index contributed by atoms with van der Waals surface area (Å²) in [4.78, 5) is 22.3. The molecule has 0 spiro atoms. The fourth-order valence-electron chi connectivity index (χ4n) is 0.963. The summed E-state index contributed by atoms with van der Waals surface area (Å²) < 4.78 is 37.9. The van der Waals surface area contributed by atoms with E-state index in [9.17, 15) is 22.8 Å². The average Bonchev–Trinajstić information content (AvgIpc) is 2.12. The molecule has 18 heavy (non-hydrogen) atoms. The molecule has 0 aliphatic heterocycles. The van der Waals surface area contributed by atoms with Crippen molar-refractivity contribution in [3.63, 3.8) is 0 Å². The van der Waals surface area contributed by atoms with Gasteiger partial charge in [-0.25, -0.2) is 4.79 Å². The maximum atomic E-state index is 12.6. The monoisotopic (exact) mass is 270 g/mol. The molecule has 0 rings (SSSR count). The normalized spacial score (nSPS) is 17.8. The topological polar surface area (TPSA) is 92.4 Å². The van der Waals surface area contributed by atoms with E-state index in [0.29, 0.717) is 6.92 Å². The number of carbonyl (C=O) groups is 2. The van der Waals surface area contributed by atoms with Gasteiger partial charge in [0.25, 0.3) is 0 Å². The van der Waals surface area contributed by atoms with Gasteiger partial charge in [0.15, 0.2) is 0 Å². The first-order valence-electron chi connectivity index (χ1n) is 5.11. The van der Waals surface area contributed by atoms with Crippen LogP contribution in [0.4, 0.5) is 13.2 Å². The number of amides is 1. The Bertz CT molecular complexity index is 349. The fourth-order valence-corrected chi connectivity index (χ4v) is 0.963. The van der Waals surface area contributed by atoms with Gasteiger partial charge < -0.3 is 16.2 Å². The number of carboxylic acids is 1. The Balaban J connectivity index is 5.17. The Morgan fingerprint density at radius 3 is 1.78 bits per heavy atom. The van der Waals surface area contributed by atoms with E-state index in [2.05, 4.69) is 0 Å². The van der Waals surface area contributed by atoms with Crippen molar-refractivity contribution in [1.82, 2.24) is 5.32 Å². The molecule has 0 aliphatic rings. The fraction of sp³-hybridized carbons (Fsp3) is 0.800. The van der Waals surface area contributed by atoms with E-state index in [1.807, 2.05) is 0 Å². The lowest BCUT2D eigenvalue weighted by Crippen LogP contribution is -2.65. The molecular formula is C10H17F3N2O3. The zero-order valence-electron chi connectivity index (χ0n) is 10.6. The van der Waals surface area contributed by atoms with E-state index in [1.165, 1.54) is 5.32 Å². The Morgan fingerprint density at radius 2 is 1.56 bits per heavy atom. The molecule has 0 radical (unpaired) electrons. The molecule has 1 unspecified atom stereocenters. The van der Waals surface area contributed by atoms with Gasteiger partial charge in [0, 0.05) is 0 Å². The molecule has 106 valence electrons. The Kier molecular flexibility index (Phi) is 4.41. The molecule has 0 aromatic heterocycles. The minimum atomic E-state index is -5.12. The maximum absolute atomic E-state index is 12.6. The number of hydrogen-bond acceptors (Lipinski definition) is 3. The van der Waals surface area contributed by atoms with Gasteiger partial charge in [-0.1, -0.05) is 20.8 Å². The lowest BCUT2D eigenvalue weighted by Gasteiger charge is -2.32. The highest BCUT2D eigenvalue weighted by atomic mass is 19.4. The minimum Gasteiger partial charge on any atom is -0.479 e. The van der Waals surface area contributed by atoms with Crippen LogP contribution in [0.25, 0.3) is 0 Å². The number of aliphatic carboxylic acids is 1. The first-order chi connectivity index (χ1) is 7.73. The average molecular weight is 270 g/mol. The highest BCUT2D eigenvalue weighted by molar-refractivity contribution is 5.90. The van der Waals surface area contributed by atoms with Crippen LogP contribution in [0.5, 0.6) is 0 Å². The molecule has 0 fully saturated rings. The van der Waals surface area contributed by atoms with Gasteiger partial charge >= 0.3 is 12.1 Å². The Hall–Kier alpha value is -1.31. The third kappa shape index (κ3) is 3.34. The number of carbonyl (C=O) groups excluding carboxylic acids is 1. The summed E-state index contributed by atoms with van der Waals surface area (Å²) in [5.41, 5.74) is 1.34. The summed E-state index contributed by atoms with van der Waals surface area (Å²) in [6, 6.07) is -1.25. The zero-order chi connectivity index (χ0) is 14.9. The van der Waals surface area contributed by atoms with Gasteiger partial charge in [0.2, 0.25) is 11.4 Å². The summed E-state index contributed by atoms with van der Waals surface area (Å²) in [5, 5.41) is 10.1. The number of nitrogens with one attached hydrogen (secondary N) is 1. The van der Waals surface area contributed by atoms with Crippen molar-refractivity contribution in [1.29, 1.82) is 0 Å². The predicted octanol–water partition coefficient (Wildman–Crippen LogP) is 0.882. The van der Waals surface area contributed by atoms with Gasteiger partial charge in [-0.3, -0.25) is 4.79 Å². The standard InChI is InChI=1S/C10H17F3N2O3/c1-8(2,3)5(14)6(16)15-9(4,7(17)18)10(11,12)13/h5H,14H2,1-4H3,(H,15,16)(H,17,18)/t5-,9?/m1/s1. The van der Waals surface area contributed by atoms with Crippen molar-refractivity contribution in [3.8, 4) is 0 Å². The summed E-state index contributed by atoms with van der Waals surface area (Å²) >= 11 is 0. The van der Waals surface area contributed by atoms with E-state index in [0.717, 1.165) is 0 Å². The summed E-state index contributed by atoms with van der Waals surface area (Å²) in [7, 11) is 0. The second-order valence-electron chi connectivity index (χ2n) is 5.26. The summed E-state index contributed by atoms with van der Waals surface area (Å²) in [5.74, 6) is -3.35. The van der Waals surface area contributed by atoms with Crippen LogP contribution in [-0.4, -0.2) is 34.7 Å². The van der Waals surface area contributed by atoms with Gasteiger partial charge in [-0.05, 0) is 12.3 Å². The van der Waals surface area contributed by atoms with Crippen molar-refractivity contribution in [2.24, 2.45) is 11.1 Å².